The number of hydrogen-bond donors (Lipinski definition) is 1. The van der Waals surface area contributed by atoms with Gasteiger partial charge >= 0.3 is 0 Å². The molecule has 2 saturated carbocycles. The maximum Gasteiger partial charge on any atom is 0.227 e. The highest BCUT2D eigenvalue weighted by Crippen LogP contribution is 2.40. The number of hydrogen-bond acceptors (Lipinski definition) is 5. The van der Waals surface area contributed by atoms with E-state index >= 15 is 0 Å². The molecule has 0 saturated heterocycles. The number of rotatable bonds is 7. The van der Waals surface area contributed by atoms with Gasteiger partial charge in [-0.3, -0.25) is 4.79 Å². The number of ether oxygens (including phenoxy) is 1. The molecule has 11 heteroatoms. The smallest absolute Gasteiger partial charge is 0.227 e. The highest BCUT2D eigenvalue weighted by atomic mass is 35.5. The van der Waals surface area contributed by atoms with Crippen LogP contribution >= 0.6 is 34.8 Å². The molecule has 0 radical (unpaired) electrons. The van der Waals surface area contributed by atoms with Gasteiger partial charge in [0.1, 0.15) is 11.4 Å². The Morgan fingerprint density at radius 1 is 1.15 bits per heavy atom. The van der Waals surface area contributed by atoms with Crippen LogP contribution in [-0.4, -0.2) is 31.2 Å². The van der Waals surface area contributed by atoms with Crippen molar-refractivity contribution in [2.45, 2.75) is 54.1 Å². The number of nitrogens with one attached hydrogen (secondary N) is 1. The quantitative estimate of drug-likeness (QED) is 0.489. The molecule has 6 nitrogen and oxygen atoms in total. The summed E-state index contributed by atoms with van der Waals surface area (Å²) >= 11 is 18.0. The lowest BCUT2D eigenvalue weighted by atomic mass is 10.0. The lowest BCUT2D eigenvalue weighted by Gasteiger charge is -2.21. The Balaban J connectivity index is 1.58. The zero-order chi connectivity index (χ0) is 24.7. The fourth-order valence-electron chi connectivity index (χ4n) is 4.11. The number of benzene rings is 2. The summed E-state index contributed by atoms with van der Waals surface area (Å²) < 4.78 is 46.5. The van der Waals surface area contributed by atoms with Crippen LogP contribution in [0, 0.1) is 23.1 Å². The molecule has 1 N–H and O–H groups in total. The van der Waals surface area contributed by atoms with Gasteiger partial charge in [0.15, 0.2) is 9.84 Å². The van der Waals surface area contributed by atoms with Crippen molar-refractivity contribution in [2.75, 3.05) is 0 Å². The molecule has 0 aromatic heterocycles. The van der Waals surface area contributed by atoms with Crippen LogP contribution in [0.5, 0.6) is 0 Å². The Kier molecular flexibility index (Phi) is 7.14. The second kappa shape index (κ2) is 9.63. The normalized spacial score (nSPS) is 23.3. The van der Waals surface area contributed by atoms with Crippen LogP contribution in [0.3, 0.4) is 0 Å². The Labute approximate surface area is 211 Å². The van der Waals surface area contributed by atoms with E-state index in [0.29, 0.717) is 18.4 Å². The van der Waals surface area contributed by atoms with Gasteiger partial charge in [-0.05, 0) is 55.5 Å². The number of amides is 1. The van der Waals surface area contributed by atoms with Crippen LogP contribution in [0.25, 0.3) is 0 Å². The third-order valence-electron chi connectivity index (χ3n) is 6.25. The zero-order valence-electron chi connectivity index (χ0n) is 17.7. The molecule has 0 spiro atoms. The Morgan fingerprint density at radius 3 is 2.50 bits per heavy atom. The second-order valence-corrected chi connectivity index (χ2v) is 12.0. The molecule has 2 aliphatic rings. The predicted molar refractivity (Wildman–Crippen MR) is 126 cm³/mol. The molecule has 180 valence electrons. The van der Waals surface area contributed by atoms with E-state index in [9.17, 15) is 22.9 Å². The van der Waals surface area contributed by atoms with Crippen LogP contribution in [0.15, 0.2) is 41.3 Å². The lowest BCUT2D eigenvalue weighted by molar-refractivity contribution is -0.130. The SMILES string of the molecule is N#CC1(NC(=O)[C@@H]2C[C@@H](S(=O)(=O)c3ccccc3Cl)C[C@H]2OCc2cc(F)c(Cl)cc2Cl)CC1. The fourth-order valence-corrected chi connectivity index (χ4v) is 6.88. The minimum absolute atomic E-state index is 0.00568. The lowest BCUT2D eigenvalue weighted by Crippen LogP contribution is -2.42. The van der Waals surface area contributed by atoms with Crippen molar-refractivity contribution in [3.63, 3.8) is 0 Å². The maximum absolute atomic E-state index is 13.9. The number of halogens is 4. The average molecular weight is 546 g/mol. The maximum atomic E-state index is 13.9. The van der Waals surface area contributed by atoms with Crippen LogP contribution < -0.4 is 5.32 Å². The van der Waals surface area contributed by atoms with Crippen molar-refractivity contribution in [1.29, 1.82) is 5.26 Å². The van der Waals surface area contributed by atoms with Crippen molar-refractivity contribution in [3.05, 3.63) is 62.8 Å². The minimum Gasteiger partial charge on any atom is -0.373 e. The van der Waals surface area contributed by atoms with Crippen LogP contribution in [0.1, 0.15) is 31.2 Å². The number of nitriles is 1. The van der Waals surface area contributed by atoms with Crippen molar-refractivity contribution >= 4 is 50.5 Å². The summed E-state index contributed by atoms with van der Waals surface area (Å²) in [6.45, 7) is -0.149. The molecular formula is C23H20Cl3FN2O4S. The van der Waals surface area contributed by atoms with E-state index in [2.05, 4.69) is 11.4 Å². The van der Waals surface area contributed by atoms with Crippen LogP contribution in [-0.2, 0) is 26.0 Å². The van der Waals surface area contributed by atoms with Crippen molar-refractivity contribution in [1.82, 2.24) is 5.32 Å². The molecule has 2 aliphatic carbocycles. The molecule has 0 bridgehead atoms. The van der Waals surface area contributed by atoms with Crippen LogP contribution in [0.4, 0.5) is 4.39 Å². The molecule has 34 heavy (non-hydrogen) atoms. The summed E-state index contributed by atoms with van der Waals surface area (Å²) in [6.07, 6.45) is 0.294. The van der Waals surface area contributed by atoms with Gasteiger partial charge < -0.3 is 10.1 Å². The van der Waals surface area contributed by atoms with Gasteiger partial charge in [0.25, 0.3) is 0 Å². The minimum atomic E-state index is -3.87. The number of nitrogens with zero attached hydrogens (tertiary/aromatic N) is 1. The molecule has 0 aliphatic heterocycles. The molecule has 1 amide bonds. The van der Waals surface area contributed by atoms with Crippen LogP contribution in [0.2, 0.25) is 15.1 Å². The van der Waals surface area contributed by atoms with Gasteiger partial charge in [-0.2, -0.15) is 5.26 Å². The van der Waals surface area contributed by atoms with E-state index in [-0.39, 0.29) is 39.4 Å². The fraction of sp³-hybridized carbons (Fsp3) is 0.391. The molecule has 0 unspecified atom stereocenters. The first kappa shape index (κ1) is 25.2. The van der Waals surface area contributed by atoms with Gasteiger partial charge in [0, 0.05) is 5.02 Å². The van der Waals surface area contributed by atoms with E-state index in [0.717, 1.165) is 6.07 Å². The van der Waals surface area contributed by atoms with E-state index < -0.39 is 44.4 Å². The number of carbonyl (C=O) groups excluding carboxylic acids is 1. The van der Waals surface area contributed by atoms with E-state index in [1.807, 2.05) is 0 Å². The Bertz CT molecular complexity index is 1280. The summed E-state index contributed by atoms with van der Waals surface area (Å²) in [7, 11) is -3.87. The summed E-state index contributed by atoms with van der Waals surface area (Å²) in [6, 6.07) is 10.6. The third-order valence-corrected chi connectivity index (χ3v) is 9.56. The summed E-state index contributed by atoms with van der Waals surface area (Å²) in [5, 5.41) is 11.3. The van der Waals surface area contributed by atoms with Gasteiger partial charge in [-0.25, -0.2) is 12.8 Å². The van der Waals surface area contributed by atoms with Crippen molar-refractivity contribution in [2.24, 2.45) is 5.92 Å². The predicted octanol–water partition coefficient (Wildman–Crippen LogP) is 5.10. The monoisotopic (exact) mass is 544 g/mol. The zero-order valence-corrected chi connectivity index (χ0v) is 20.8. The Hall–Kier alpha value is -1.89. The molecule has 0 heterocycles. The molecular weight excluding hydrogens is 526 g/mol. The molecule has 2 aromatic rings. The molecule has 2 fully saturated rings. The number of carbonyl (C=O) groups is 1. The largest absolute Gasteiger partial charge is 0.373 e. The van der Waals surface area contributed by atoms with Crippen molar-refractivity contribution in [3.8, 4) is 6.07 Å². The highest BCUT2D eigenvalue weighted by molar-refractivity contribution is 7.92. The first-order valence-electron chi connectivity index (χ1n) is 10.5. The van der Waals surface area contributed by atoms with Gasteiger partial charge in [-0.15, -0.1) is 0 Å². The van der Waals surface area contributed by atoms with Gasteiger partial charge in [0.2, 0.25) is 5.91 Å². The highest BCUT2D eigenvalue weighted by Gasteiger charge is 2.50. The molecule has 4 rings (SSSR count). The first-order chi connectivity index (χ1) is 16.1. The molecule has 2 aromatic carbocycles. The standard InChI is InChI=1S/C23H20Cl3FN2O4S/c24-16-3-1-2-4-21(16)34(31,32)14-8-15(22(30)29-23(12-28)5-6-23)20(9-14)33-11-13-7-19(27)18(26)10-17(13)25/h1-4,7,10,14-15,20H,5-6,8-9,11H2,(H,29,30)/t14-,15-,20-/m1/s1. The first-order valence-corrected chi connectivity index (χ1v) is 13.2. The second-order valence-electron chi connectivity index (χ2n) is 8.57. The van der Waals surface area contributed by atoms with E-state index in [4.69, 9.17) is 39.5 Å². The Morgan fingerprint density at radius 2 is 1.85 bits per heavy atom. The van der Waals surface area contributed by atoms with E-state index in [1.165, 1.54) is 18.2 Å². The average Bonchev–Trinajstić information content (AvgIpc) is 3.42. The topological polar surface area (TPSA) is 96.3 Å². The molecule has 3 atom stereocenters. The third kappa shape index (κ3) is 5.05. The van der Waals surface area contributed by atoms with Crippen molar-refractivity contribution < 1.29 is 22.3 Å². The van der Waals surface area contributed by atoms with Gasteiger partial charge in [0.05, 0.1) is 44.9 Å². The summed E-state index contributed by atoms with van der Waals surface area (Å²) in [4.78, 5) is 13.0. The number of sulfone groups is 1. The van der Waals surface area contributed by atoms with Gasteiger partial charge in [-0.1, -0.05) is 46.9 Å². The van der Waals surface area contributed by atoms with E-state index in [1.54, 1.807) is 12.1 Å². The summed E-state index contributed by atoms with van der Waals surface area (Å²) in [5.74, 6) is -1.95. The summed E-state index contributed by atoms with van der Waals surface area (Å²) in [5.41, 5.74) is -0.597.